The Morgan fingerprint density at radius 2 is 1.81 bits per heavy atom. The van der Waals surface area contributed by atoms with Gasteiger partial charge in [-0.3, -0.25) is 10.2 Å². The second kappa shape index (κ2) is 8.03. The van der Waals surface area contributed by atoms with Gasteiger partial charge < -0.3 is 4.74 Å². The highest BCUT2D eigenvalue weighted by Gasteiger charge is 2.21. The molecule has 0 aliphatic heterocycles. The molecule has 6 nitrogen and oxygen atoms in total. The summed E-state index contributed by atoms with van der Waals surface area (Å²) in [7, 11) is -4.10. The highest BCUT2D eigenvalue weighted by Crippen LogP contribution is 2.27. The van der Waals surface area contributed by atoms with Gasteiger partial charge in [-0.1, -0.05) is 17.7 Å². The van der Waals surface area contributed by atoms with E-state index in [4.69, 9.17) is 16.3 Å². The van der Waals surface area contributed by atoms with Crippen molar-refractivity contribution in [2.75, 3.05) is 0 Å². The summed E-state index contributed by atoms with van der Waals surface area (Å²) in [5.41, 5.74) is 3.55. The molecule has 2 aromatic rings. The number of hydrogen-bond acceptors (Lipinski definition) is 4. The molecular weight excluding hydrogens is 383 g/mol. The average molecular weight is 401 g/mol. The maximum absolute atomic E-state index is 13.2. The van der Waals surface area contributed by atoms with Crippen molar-refractivity contribution in [1.82, 2.24) is 10.3 Å². The van der Waals surface area contributed by atoms with E-state index >= 15 is 0 Å². The van der Waals surface area contributed by atoms with Gasteiger partial charge in [-0.15, -0.1) is 4.83 Å². The maximum Gasteiger partial charge on any atom is 0.275 e. The van der Waals surface area contributed by atoms with E-state index in [0.29, 0.717) is 10.8 Å². The predicted molar refractivity (Wildman–Crippen MR) is 95.9 cm³/mol. The molecule has 9 heteroatoms. The van der Waals surface area contributed by atoms with Crippen molar-refractivity contribution in [2.24, 2.45) is 0 Å². The van der Waals surface area contributed by atoms with Crippen LogP contribution in [0.25, 0.3) is 0 Å². The van der Waals surface area contributed by atoms with Crippen LogP contribution in [0, 0.1) is 19.7 Å². The molecule has 1 atom stereocenters. The van der Waals surface area contributed by atoms with Gasteiger partial charge in [0.25, 0.3) is 15.9 Å². The molecule has 0 aliphatic rings. The summed E-state index contributed by atoms with van der Waals surface area (Å²) in [6.07, 6.45) is -0.983. The fourth-order valence-corrected chi connectivity index (χ4v) is 3.43. The normalized spacial score (nSPS) is 12.5. The number of amides is 1. The number of carbonyl (C=O) groups excluding carboxylic acids is 1. The van der Waals surface area contributed by atoms with Crippen LogP contribution >= 0.6 is 11.6 Å². The number of aryl methyl sites for hydroxylation is 2. The first kappa shape index (κ1) is 20.2. The SMILES string of the molecule is Cc1cc(Cl)cc(C)c1O[C@@H](C)C(=O)NNS(=O)(=O)c1cccc(F)c1. The van der Waals surface area contributed by atoms with E-state index in [1.165, 1.54) is 19.1 Å². The van der Waals surface area contributed by atoms with Crippen molar-refractivity contribution in [3.63, 3.8) is 0 Å². The third-order valence-corrected chi connectivity index (χ3v) is 4.97. The molecule has 0 heterocycles. The summed E-state index contributed by atoms with van der Waals surface area (Å²) in [6, 6.07) is 7.81. The molecule has 0 bridgehead atoms. The first-order chi connectivity index (χ1) is 12.1. The van der Waals surface area contributed by atoms with E-state index in [0.717, 1.165) is 23.3 Å². The average Bonchev–Trinajstić information content (AvgIpc) is 2.55. The highest BCUT2D eigenvalue weighted by molar-refractivity contribution is 7.89. The Morgan fingerprint density at radius 1 is 1.19 bits per heavy atom. The maximum atomic E-state index is 13.2. The monoisotopic (exact) mass is 400 g/mol. The number of nitrogens with one attached hydrogen (secondary N) is 2. The summed E-state index contributed by atoms with van der Waals surface area (Å²) in [4.78, 5) is 13.7. The van der Waals surface area contributed by atoms with E-state index in [2.05, 4.69) is 5.43 Å². The lowest BCUT2D eigenvalue weighted by atomic mass is 10.1. The van der Waals surface area contributed by atoms with E-state index in [1.54, 1.807) is 26.0 Å². The third kappa shape index (κ3) is 4.94. The third-order valence-electron chi connectivity index (χ3n) is 3.50. The Labute approximate surface area is 156 Å². The van der Waals surface area contributed by atoms with Crippen molar-refractivity contribution in [2.45, 2.75) is 31.8 Å². The van der Waals surface area contributed by atoms with Crippen LogP contribution in [0.15, 0.2) is 41.3 Å². The van der Waals surface area contributed by atoms with Crippen molar-refractivity contribution in [3.05, 3.63) is 58.4 Å². The minimum Gasteiger partial charge on any atom is -0.480 e. The minimum absolute atomic E-state index is 0.309. The molecule has 0 aromatic heterocycles. The molecular formula is C17H18ClFN2O4S. The number of rotatable bonds is 6. The van der Waals surface area contributed by atoms with E-state index in [9.17, 15) is 17.6 Å². The molecule has 140 valence electrons. The molecule has 2 N–H and O–H groups in total. The van der Waals surface area contributed by atoms with Gasteiger partial charge >= 0.3 is 0 Å². The molecule has 0 unspecified atom stereocenters. The number of sulfonamides is 1. The first-order valence-corrected chi connectivity index (χ1v) is 9.47. The molecule has 2 aromatic carbocycles. The fourth-order valence-electron chi connectivity index (χ4n) is 2.23. The molecule has 0 saturated heterocycles. The second-order valence-corrected chi connectivity index (χ2v) is 7.80. The Morgan fingerprint density at radius 3 is 2.38 bits per heavy atom. The Hall–Kier alpha value is -2.16. The van der Waals surface area contributed by atoms with Gasteiger partial charge in [0.1, 0.15) is 11.6 Å². The van der Waals surface area contributed by atoms with Gasteiger partial charge in [-0.2, -0.15) is 0 Å². The van der Waals surface area contributed by atoms with E-state index in [1.807, 2.05) is 4.83 Å². The van der Waals surface area contributed by atoms with Crippen LogP contribution in [0.4, 0.5) is 4.39 Å². The predicted octanol–water partition coefficient (Wildman–Crippen LogP) is 2.87. The number of hydrogen-bond donors (Lipinski definition) is 2. The smallest absolute Gasteiger partial charge is 0.275 e. The zero-order chi connectivity index (χ0) is 19.5. The lowest BCUT2D eigenvalue weighted by molar-refractivity contribution is -0.127. The van der Waals surface area contributed by atoms with Crippen molar-refractivity contribution < 1.29 is 22.3 Å². The molecule has 0 fully saturated rings. The van der Waals surface area contributed by atoms with Crippen molar-refractivity contribution in [3.8, 4) is 5.75 Å². The van der Waals surface area contributed by atoms with Crippen LogP contribution in [0.1, 0.15) is 18.1 Å². The van der Waals surface area contributed by atoms with E-state index < -0.39 is 27.9 Å². The van der Waals surface area contributed by atoms with Crippen LogP contribution in [0.5, 0.6) is 5.75 Å². The van der Waals surface area contributed by atoms with Gasteiger partial charge in [0.15, 0.2) is 6.10 Å². The lowest BCUT2D eigenvalue weighted by Gasteiger charge is -2.18. The molecule has 0 spiro atoms. The standard InChI is InChI=1S/C17H18ClFN2O4S/c1-10-7-13(18)8-11(2)16(10)25-12(3)17(22)20-21-26(23,24)15-6-4-5-14(19)9-15/h4-9,12,21H,1-3H3,(H,20,22)/t12-/m0/s1. The molecule has 2 rings (SSSR count). The number of hydrazine groups is 1. The van der Waals surface area contributed by atoms with Crippen LogP contribution in [0.3, 0.4) is 0 Å². The summed E-state index contributed by atoms with van der Waals surface area (Å²) < 4.78 is 42.9. The van der Waals surface area contributed by atoms with Gasteiger partial charge in [-0.25, -0.2) is 12.8 Å². The molecule has 0 radical (unpaired) electrons. The van der Waals surface area contributed by atoms with Gasteiger partial charge in [0, 0.05) is 5.02 Å². The zero-order valence-corrected chi connectivity index (χ0v) is 15.9. The second-order valence-electron chi connectivity index (χ2n) is 5.68. The summed E-state index contributed by atoms with van der Waals surface area (Å²) >= 11 is 5.95. The first-order valence-electron chi connectivity index (χ1n) is 7.61. The summed E-state index contributed by atoms with van der Waals surface area (Å²) in [5.74, 6) is -0.923. The fraction of sp³-hybridized carbons (Fsp3) is 0.235. The van der Waals surface area contributed by atoms with Gasteiger partial charge in [0.2, 0.25) is 0 Å². The van der Waals surface area contributed by atoms with Crippen molar-refractivity contribution in [1.29, 1.82) is 0 Å². The zero-order valence-electron chi connectivity index (χ0n) is 14.3. The number of benzene rings is 2. The summed E-state index contributed by atoms with van der Waals surface area (Å²) in [5, 5.41) is 0.548. The van der Waals surface area contributed by atoms with Crippen LogP contribution < -0.4 is 15.0 Å². The quantitative estimate of drug-likeness (QED) is 0.730. The summed E-state index contributed by atoms with van der Waals surface area (Å²) in [6.45, 7) is 5.04. The largest absolute Gasteiger partial charge is 0.480 e. The topological polar surface area (TPSA) is 84.5 Å². The molecule has 0 aliphatic carbocycles. The number of carbonyl (C=O) groups is 1. The van der Waals surface area contributed by atoms with Crippen LogP contribution in [0.2, 0.25) is 5.02 Å². The van der Waals surface area contributed by atoms with Gasteiger partial charge in [0.05, 0.1) is 4.90 Å². The van der Waals surface area contributed by atoms with Crippen LogP contribution in [-0.4, -0.2) is 20.4 Å². The Bertz CT molecular complexity index is 911. The number of ether oxygens (including phenoxy) is 1. The van der Waals surface area contributed by atoms with Gasteiger partial charge in [-0.05, 0) is 62.2 Å². The highest BCUT2D eigenvalue weighted by atomic mass is 35.5. The number of halogens is 2. The lowest BCUT2D eigenvalue weighted by Crippen LogP contribution is -2.47. The molecule has 0 saturated carbocycles. The minimum atomic E-state index is -4.10. The van der Waals surface area contributed by atoms with E-state index in [-0.39, 0.29) is 4.90 Å². The van der Waals surface area contributed by atoms with Crippen molar-refractivity contribution >= 4 is 27.5 Å². The van der Waals surface area contributed by atoms with Crippen LogP contribution in [-0.2, 0) is 14.8 Å². The molecule has 1 amide bonds. The Balaban J connectivity index is 2.04. The molecule has 26 heavy (non-hydrogen) atoms. The Kier molecular flexibility index (Phi) is 6.22.